The summed E-state index contributed by atoms with van der Waals surface area (Å²) in [5.41, 5.74) is 2.57. The molecule has 0 fully saturated rings. The summed E-state index contributed by atoms with van der Waals surface area (Å²) in [4.78, 5) is 0. The summed E-state index contributed by atoms with van der Waals surface area (Å²) in [5, 5.41) is 4.29. The molecule has 0 heterocycles. The first-order chi connectivity index (χ1) is 12.9. The molecule has 0 spiro atoms. The molecule has 0 aliphatic heterocycles. The van der Waals surface area contributed by atoms with Gasteiger partial charge in [-0.1, -0.05) is 56.8 Å². The van der Waals surface area contributed by atoms with E-state index >= 15 is 0 Å². The molecule has 0 radical (unpaired) electrons. The number of rotatable bonds is 6. The summed E-state index contributed by atoms with van der Waals surface area (Å²) in [5.74, 6) is 0.278. The minimum Gasteiger partial charge on any atom is -0.489 e. The number of halogens is 5. The molecule has 3 aromatic carbocycles. The molecule has 0 unspecified atom stereocenters. The molecule has 0 bridgehead atoms. The van der Waals surface area contributed by atoms with Crippen molar-refractivity contribution < 1.29 is 9.13 Å². The zero-order valence-corrected chi connectivity index (χ0v) is 17.8. The molecular formula is C20H14BrCl3FNO. The van der Waals surface area contributed by atoms with Crippen LogP contribution in [0.4, 0.5) is 10.1 Å². The third-order valence-electron chi connectivity index (χ3n) is 3.80. The van der Waals surface area contributed by atoms with Crippen LogP contribution in [0.5, 0.6) is 5.75 Å². The third kappa shape index (κ3) is 5.52. The molecule has 0 saturated carbocycles. The van der Waals surface area contributed by atoms with Gasteiger partial charge in [0.15, 0.2) is 0 Å². The van der Waals surface area contributed by atoms with Crippen LogP contribution in [0.3, 0.4) is 0 Å². The van der Waals surface area contributed by atoms with Crippen molar-refractivity contribution in [3.8, 4) is 5.75 Å². The zero-order valence-electron chi connectivity index (χ0n) is 13.9. The fourth-order valence-electron chi connectivity index (χ4n) is 2.42. The molecule has 1 N–H and O–H groups in total. The van der Waals surface area contributed by atoms with Crippen LogP contribution in [0.15, 0.2) is 59.1 Å². The van der Waals surface area contributed by atoms with E-state index in [0.717, 1.165) is 27.0 Å². The van der Waals surface area contributed by atoms with Crippen molar-refractivity contribution in [2.75, 3.05) is 5.32 Å². The van der Waals surface area contributed by atoms with Crippen molar-refractivity contribution in [1.29, 1.82) is 0 Å². The summed E-state index contributed by atoms with van der Waals surface area (Å²) >= 11 is 21.3. The standard InChI is InChI=1S/C20H14BrCl3FNO/c21-14-2-6-20(27-11-12-1-4-16(22)17(23)7-12)13(8-14)10-26-15-3-5-19(25)18(24)9-15/h1-9,26H,10-11H2. The minimum absolute atomic E-state index is 0.0744. The summed E-state index contributed by atoms with van der Waals surface area (Å²) in [6.07, 6.45) is 0. The number of nitrogens with one attached hydrogen (secondary N) is 1. The Hall–Kier alpha value is -1.46. The molecule has 140 valence electrons. The molecule has 0 saturated heterocycles. The molecule has 0 aliphatic carbocycles. The second-order valence-corrected chi connectivity index (χ2v) is 7.91. The van der Waals surface area contributed by atoms with Crippen LogP contribution in [0.2, 0.25) is 15.1 Å². The van der Waals surface area contributed by atoms with Gasteiger partial charge in [0, 0.05) is 22.3 Å². The van der Waals surface area contributed by atoms with Crippen LogP contribution in [0.25, 0.3) is 0 Å². The fourth-order valence-corrected chi connectivity index (χ4v) is 3.33. The molecule has 2 nitrogen and oxygen atoms in total. The maximum atomic E-state index is 13.3. The first kappa shape index (κ1) is 20.3. The smallest absolute Gasteiger partial charge is 0.141 e. The Kier molecular flexibility index (Phi) is 6.88. The van der Waals surface area contributed by atoms with Gasteiger partial charge in [-0.2, -0.15) is 0 Å². The highest BCUT2D eigenvalue weighted by atomic mass is 79.9. The molecule has 27 heavy (non-hydrogen) atoms. The van der Waals surface area contributed by atoms with Gasteiger partial charge in [0.1, 0.15) is 18.2 Å². The van der Waals surface area contributed by atoms with Crippen molar-refractivity contribution in [3.63, 3.8) is 0 Å². The van der Waals surface area contributed by atoms with Gasteiger partial charge in [0.2, 0.25) is 0 Å². The van der Waals surface area contributed by atoms with Crippen LogP contribution in [0, 0.1) is 5.82 Å². The van der Waals surface area contributed by atoms with E-state index < -0.39 is 5.82 Å². The van der Waals surface area contributed by atoms with Crippen LogP contribution in [0.1, 0.15) is 11.1 Å². The number of benzene rings is 3. The average molecular weight is 490 g/mol. The van der Waals surface area contributed by atoms with Crippen molar-refractivity contribution in [3.05, 3.63) is 91.1 Å². The topological polar surface area (TPSA) is 21.3 Å². The van der Waals surface area contributed by atoms with E-state index in [1.165, 1.54) is 6.07 Å². The lowest BCUT2D eigenvalue weighted by Crippen LogP contribution is -2.04. The van der Waals surface area contributed by atoms with Crippen molar-refractivity contribution in [2.45, 2.75) is 13.2 Å². The molecule has 3 aromatic rings. The summed E-state index contributed by atoms with van der Waals surface area (Å²) < 4.78 is 20.2. The lowest BCUT2D eigenvalue weighted by molar-refractivity contribution is 0.303. The van der Waals surface area contributed by atoms with E-state index in [0.29, 0.717) is 23.2 Å². The quantitative estimate of drug-likeness (QED) is 0.382. The molecule has 3 rings (SSSR count). The maximum Gasteiger partial charge on any atom is 0.141 e. The third-order valence-corrected chi connectivity index (χ3v) is 5.33. The predicted octanol–water partition coefficient (Wildman–Crippen LogP) is 7.74. The summed E-state index contributed by atoms with van der Waals surface area (Å²) in [7, 11) is 0. The van der Waals surface area contributed by atoms with Crippen molar-refractivity contribution >= 4 is 56.4 Å². The van der Waals surface area contributed by atoms with E-state index in [4.69, 9.17) is 39.5 Å². The first-order valence-corrected chi connectivity index (χ1v) is 9.89. The molecule has 0 amide bonds. The van der Waals surface area contributed by atoms with E-state index in [-0.39, 0.29) is 5.02 Å². The Morgan fingerprint density at radius 1 is 0.889 bits per heavy atom. The van der Waals surface area contributed by atoms with Gasteiger partial charge in [0.25, 0.3) is 0 Å². The number of hydrogen-bond donors (Lipinski definition) is 1. The van der Waals surface area contributed by atoms with Gasteiger partial charge in [-0.25, -0.2) is 4.39 Å². The first-order valence-electron chi connectivity index (χ1n) is 7.96. The molecule has 0 aromatic heterocycles. The van der Waals surface area contributed by atoms with Crippen LogP contribution >= 0.6 is 50.7 Å². The van der Waals surface area contributed by atoms with Gasteiger partial charge in [-0.3, -0.25) is 0 Å². The van der Waals surface area contributed by atoms with Gasteiger partial charge in [-0.15, -0.1) is 0 Å². The molecule has 0 aliphatic rings. The highest BCUT2D eigenvalue weighted by Crippen LogP contribution is 2.27. The lowest BCUT2D eigenvalue weighted by Gasteiger charge is -2.14. The van der Waals surface area contributed by atoms with E-state index in [9.17, 15) is 4.39 Å². The molecular weight excluding hydrogens is 475 g/mol. The largest absolute Gasteiger partial charge is 0.489 e. The lowest BCUT2D eigenvalue weighted by atomic mass is 10.2. The van der Waals surface area contributed by atoms with E-state index in [1.807, 2.05) is 24.3 Å². The van der Waals surface area contributed by atoms with Crippen molar-refractivity contribution in [2.24, 2.45) is 0 Å². The average Bonchev–Trinajstić information content (AvgIpc) is 2.64. The van der Waals surface area contributed by atoms with E-state index in [2.05, 4.69) is 21.2 Å². The maximum absolute atomic E-state index is 13.3. The number of hydrogen-bond acceptors (Lipinski definition) is 2. The Morgan fingerprint density at radius 2 is 1.70 bits per heavy atom. The Morgan fingerprint density at radius 3 is 2.44 bits per heavy atom. The number of ether oxygens (including phenoxy) is 1. The Labute approximate surface area is 180 Å². The fraction of sp³-hybridized carbons (Fsp3) is 0.100. The highest BCUT2D eigenvalue weighted by Gasteiger charge is 2.08. The van der Waals surface area contributed by atoms with Crippen LogP contribution in [-0.4, -0.2) is 0 Å². The van der Waals surface area contributed by atoms with Crippen molar-refractivity contribution in [1.82, 2.24) is 0 Å². The SMILES string of the molecule is Fc1ccc(NCc2cc(Br)ccc2OCc2ccc(Cl)c(Cl)c2)cc1Cl. The summed E-state index contributed by atoms with van der Waals surface area (Å²) in [6.45, 7) is 0.839. The second kappa shape index (κ2) is 9.16. The minimum atomic E-state index is -0.449. The zero-order chi connectivity index (χ0) is 19.4. The summed E-state index contributed by atoms with van der Waals surface area (Å²) in [6, 6.07) is 15.6. The molecule has 7 heteroatoms. The van der Waals surface area contributed by atoms with Gasteiger partial charge < -0.3 is 10.1 Å². The predicted molar refractivity (Wildman–Crippen MR) is 114 cm³/mol. The number of anilines is 1. The molecule has 0 atom stereocenters. The normalized spacial score (nSPS) is 10.7. The Balaban J connectivity index is 1.72. The highest BCUT2D eigenvalue weighted by molar-refractivity contribution is 9.10. The second-order valence-electron chi connectivity index (χ2n) is 5.77. The van der Waals surface area contributed by atoms with Gasteiger partial charge in [-0.05, 0) is 54.1 Å². The monoisotopic (exact) mass is 487 g/mol. The van der Waals surface area contributed by atoms with Crippen LogP contribution < -0.4 is 10.1 Å². The van der Waals surface area contributed by atoms with Crippen LogP contribution in [-0.2, 0) is 13.2 Å². The van der Waals surface area contributed by atoms with Gasteiger partial charge >= 0.3 is 0 Å². The van der Waals surface area contributed by atoms with Gasteiger partial charge in [0.05, 0.1) is 15.1 Å². The van der Waals surface area contributed by atoms with E-state index in [1.54, 1.807) is 24.3 Å². The Bertz CT molecular complexity index is 968.